The third-order valence-electron chi connectivity index (χ3n) is 24.1. The molecular weight excluding hydrogens is 1830 g/mol. The molecule has 4 aliphatic rings. The predicted molar refractivity (Wildman–Crippen MR) is 560 cm³/mol. The summed E-state index contributed by atoms with van der Waals surface area (Å²) in [5.41, 5.74) is 1.01. The lowest BCUT2D eigenvalue weighted by Crippen LogP contribution is -2.37. The maximum Gasteiger partial charge on any atom is 0.349 e. The molecule has 13 nitrogen and oxygen atoms in total. The number of fused-ring (bicyclic) bond motifs is 9. The van der Waals surface area contributed by atoms with Crippen molar-refractivity contribution in [3.63, 3.8) is 0 Å². The van der Waals surface area contributed by atoms with Gasteiger partial charge in [0.15, 0.2) is 80.0 Å². The Kier molecular flexibility index (Phi) is 36.0. The van der Waals surface area contributed by atoms with Crippen molar-refractivity contribution in [2.45, 2.75) is 126 Å². The SMILES string of the molecule is C=C(C)C(=O)OCC(=O)Oc1ccc([S+](c2ccccc2)c2ccccc2)cc1.C=C(C)C(=O)OCCOc1ccc([S+](c2ccccc2)c2ccccc2)cc1.C=C(C)C(=O)Oc1ccc([S+](c2ccccc2)c2ccccc2)cc1.C=CC(=O)Oc1ccc([S+](c2ccccc2)c2ccccc2)cc1.O=C(Oc1ccc([S+](c2ccccc2)c2ccccc2)cc1)C1CC2CC1C1C3CCC(C3)C21. The largest absolute Gasteiger partial charge is 0.490 e. The minimum absolute atomic E-state index is 0.0200. The summed E-state index contributed by atoms with van der Waals surface area (Å²) in [7, 11) is -1.03. The standard InChI is InChI=1S/C31H31O2S.C24H21O4S.C24H23O3S.C22H19O2S.C21H17O2S/c32-31(28-19-22-18-27(28)30-21-12-11-20(17-21)29(22)30)33-23-13-15-26(16-14-23)34(24-7-3-1-4-8-24)25-9-5-2-6-10-25;1-18(2)24(26)27-17-23(25)28-19-13-15-22(16-14-19)29(20-9-5-3-6-10-20)21-11-7-4-8-12-21;1-19(2)24(25)27-18-17-26-20-13-15-23(16-14-20)28(21-9-5-3-6-10-21)22-11-7-4-8-12-22;1-17(2)22(23)24-18-13-15-21(16-14-18)25(19-9-5-3-6-10-19)20-11-7-4-8-12-20;1-2-21(22)23-17-13-15-20(16-14-17)24(18-9-5-3-6-10-18)19-11-7-4-8-12-19/h1-10,13-16,20-22,27-30H,11-12,17-19H2;3-16H,1,17H2,2H3;3-16H,1,17-18H2,2H3;3-16H,1H2,2H3;2-16H,1H2/q5*+1. The molecule has 4 fully saturated rings. The van der Waals surface area contributed by atoms with Gasteiger partial charge in [0.1, 0.15) is 42.0 Å². The summed E-state index contributed by atoms with van der Waals surface area (Å²) in [5.74, 6) is 5.49. The van der Waals surface area contributed by atoms with Crippen LogP contribution in [0.5, 0.6) is 28.7 Å². The van der Waals surface area contributed by atoms with Crippen LogP contribution in [0.25, 0.3) is 0 Å². The molecule has 0 aromatic heterocycles. The van der Waals surface area contributed by atoms with E-state index >= 15 is 0 Å². The van der Waals surface area contributed by atoms with Gasteiger partial charge in [-0.25, -0.2) is 24.0 Å². The van der Waals surface area contributed by atoms with Gasteiger partial charge in [0.25, 0.3) is 0 Å². The van der Waals surface area contributed by atoms with Crippen LogP contribution in [-0.2, 0) is 92.7 Å². The molecule has 0 radical (unpaired) electrons. The van der Waals surface area contributed by atoms with E-state index in [2.05, 4.69) is 281 Å². The van der Waals surface area contributed by atoms with Crippen molar-refractivity contribution >= 4 is 90.3 Å². The topological polar surface area (TPSA) is 167 Å². The Bertz CT molecular complexity index is 6410. The zero-order valence-corrected chi connectivity index (χ0v) is 82.4. The summed E-state index contributed by atoms with van der Waals surface area (Å²) in [6, 6.07) is 144. The molecule has 0 spiro atoms. The van der Waals surface area contributed by atoms with Crippen LogP contribution in [-0.4, -0.2) is 55.6 Å². The van der Waals surface area contributed by atoms with Crippen molar-refractivity contribution in [2.24, 2.45) is 41.4 Å². The lowest BCUT2D eigenvalue weighted by atomic mass is 9.67. The van der Waals surface area contributed by atoms with Crippen LogP contribution in [0.3, 0.4) is 0 Å². The van der Waals surface area contributed by atoms with E-state index in [9.17, 15) is 28.8 Å². The molecule has 19 rings (SSSR count). The number of hydrogen-bond acceptors (Lipinski definition) is 13. The molecule has 18 heteroatoms. The molecule has 15 aromatic rings. The highest BCUT2D eigenvalue weighted by atomic mass is 32.2. The number of ether oxygens (including phenoxy) is 7. The van der Waals surface area contributed by atoms with Crippen molar-refractivity contribution in [3.8, 4) is 28.7 Å². The Morgan fingerprint density at radius 2 is 0.529 bits per heavy atom. The van der Waals surface area contributed by atoms with E-state index in [1.54, 1.807) is 26.0 Å². The van der Waals surface area contributed by atoms with Crippen molar-refractivity contribution in [1.82, 2.24) is 0 Å². The molecule has 0 heterocycles. The van der Waals surface area contributed by atoms with E-state index < -0.39 is 36.5 Å². The minimum atomic E-state index is -0.641. The van der Waals surface area contributed by atoms with Gasteiger partial charge in [0, 0.05) is 22.8 Å². The maximum absolute atomic E-state index is 13.2. The Labute approximate surface area is 835 Å². The second-order valence-corrected chi connectivity index (χ2v) is 44.0. The van der Waals surface area contributed by atoms with E-state index in [1.165, 1.54) is 101 Å². The third kappa shape index (κ3) is 27.0. The monoisotopic (exact) mass is 1940 g/mol. The molecule has 15 aromatic carbocycles. The molecule has 7 atom stereocenters. The molecule has 7 unspecified atom stereocenters. The van der Waals surface area contributed by atoms with Crippen LogP contribution in [0.4, 0.5) is 0 Å². The van der Waals surface area contributed by atoms with Crippen LogP contribution in [0.2, 0.25) is 0 Å². The fourth-order valence-electron chi connectivity index (χ4n) is 18.1. The summed E-state index contributed by atoms with van der Waals surface area (Å²) < 4.78 is 37.2. The van der Waals surface area contributed by atoms with Gasteiger partial charge in [-0.15, -0.1) is 0 Å². The average molecular weight is 1950 g/mol. The van der Waals surface area contributed by atoms with E-state index in [1.807, 2.05) is 158 Å². The Hall–Kier alpha value is -14.4. The molecule has 0 saturated heterocycles. The van der Waals surface area contributed by atoms with Crippen LogP contribution >= 0.6 is 0 Å². The lowest BCUT2D eigenvalue weighted by Gasteiger charge is -2.37. The quantitative estimate of drug-likeness (QED) is 0.0104. The first-order valence-electron chi connectivity index (χ1n) is 46.5. The number of carbonyl (C=O) groups excluding carboxylic acids is 6. The fraction of sp³-hybridized carbons (Fsp3) is 0.148. The minimum Gasteiger partial charge on any atom is -0.490 e. The zero-order chi connectivity index (χ0) is 97.5. The Balaban J connectivity index is 0.000000133. The summed E-state index contributed by atoms with van der Waals surface area (Å²) in [4.78, 5) is 89.2. The smallest absolute Gasteiger partial charge is 0.349 e. The van der Waals surface area contributed by atoms with E-state index in [4.69, 9.17) is 33.2 Å². The van der Waals surface area contributed by atoms with E-state index in [0.29, 0.717) is 46.7 Å². The second-order valence-electron chi connectivity index (χ2n) is 33.8. The fourth-order valence-corrected chi connectivity index (χ4v) is 28.5. The first kappa shape index (κ1) is 100. The first-order chi connectivity index (χ1) is 68.4. The molecule has 702 valence electrons. The Morgan fingerprint density at radius 3 is 0.821 bits per heavy atom. The number of benzene rings is 15. The van der Waals surface area contributed by atoms with E-state index in [0.717, 1.165) is 52.7 Å². The van der Waals surface area contributed by atoms with Crippen molar-refractivity contribution in [3.05, 3.63) is 474 Å². The highest BCUT2D eigenvalue weighted by molar-refractivity contribution is 7.98. The van der Waals surface area contributed by atoms with Gasteiger partial charge in [0.2, 0.25) is 0 Å². The molecule has 140 heavy (non-hydrogen) atoms. The van der Waals surface area contributed by atoms with Crippen LogP contribution < -0.4 is 23.7 Å². The van der Waals surface area contributed by atoms with Gasteiger partial charge >= 0.3 is 35.8 Å². The van der Waals surface area contributed by atoms with Gasteiger partial charge in [-0.05, 0) is 331 Å². The number of esters is 6. The summed E-state index contributed by atoms with van der Waals surface area (Å²) in [5, 5.41) is 0. The zero-order valence-electron chi connectivity index (χ0n) is 78.4. The predicted octanol–water partition coefficient (Wildman–Crippen LogP) is 27.2. The van der Waals surface area contributed by atoms with Gasteiger partial charge in [-0.1, -0.05) is 208 Å². The average Bonchev–Trinajstić information content (AvgIpc) is 1.55. The van der Waals surface area contributed by atoms with Crippen molar-refractivity contribution < 1.29 is 61.9 Å². The van der Waals surface area contributed by atoms with Gasteiger partial charge < -0.3 is 33.2 Å². The number of hydrogen-bond donors (Lipinski definition) is 0. The maximum atomic E-state index is 13.2. The molecule has 0 N–H and O–H groups in total. The van der Waals surface area contributed by atoms with Gasteiger partial charge in [-0.2, -0.15) is 0 Å². The first-order valence-corrected chi connectivity index (χ1v) is 52.7. The van der Waals surface area contributed by atoms with Gasteiger partial charge in [-0.3, -0.25) is 4.79 Å². The summed E-state index contributed by atoms with van der Waals surface area (Å²) >= 11 is 0. The normalized spacial score (nSPS) is 15.9. The van der Waals surface area contributed by atoms with Crippen LogP contribution in [0.1, 0.15) is 52.9 Å². The van der Waals surface area contributed by atoms with E-state index in [-0.39, 0.29) is 78.5 Å². The third-order valence-corrected chi connectivity index (χ3v) is 35.3. The molecule has 0 aliphatic heterocycles. The lowest BCUT2D eigenvalue weighted by molar-refractivity contribution is -0.150. The Morgan fingerprint density at radius 1 is 0.271 bits per heavy atom. The molecular formula is C122H111O13S5+5. The highest BCUT2D eigenvalue weighted by Crippen LogP contribution is 2.69. The molecule has 4 saturated carbocycles. The molecule has 0 amide bonds. The highest BCUT2D eigenvalue weighted by Gasteiger charge is 2.64. The van der Waals surface area contributed by atoms with Crippen LogP contribution in [0.15, 0.2) is 547 Å². The molecule has 4 bridgehead atoms. The number of carbonyl (C=O) groups is 6. The second kappa shape index (κ2) is 50.3. The van der Waals surface area contributed by atoms with Crippen molar-refractivity contribution in [1.29, 1.82) is 0 Å². The summed E-state index contributed by atoms with van der Waals surface area (Å²) in [6.45, 7) is 18.9. The molecule has 4 aliphatic carbocycles. The van der Waals surface area contributed by atoms with Crippen molar-refractivity contribution in [2.75, 3.05) is 19.8 Å². The van der Waals surface area contributed by atoms with Gasteiger partial charge in [0.05, 0.1) is 60.4 Å². The summed E-state index contributed by atoms with van der Waals surface area (Å²) in [6.07, 6.45) is 7.80. The number of rotatable bonds is 30. The van der Waals surface area contributed by atoms with Crippen LogP contribution in [0, 0.1) is 41.4 Å².